The highest BCUT2D eigenvalue weighted by atomic mass is 32.2. The first kappa shape index (κ1) is 17.4. The maximum Gasteiger partial charge on any atom is 0.251 e. The Labute approximate surface area is 142 Å². The second-order valence-corrected chi connectivity index (χ2v) is 8.05. The van der Waals surface area contributed by atoms with Gasteiger partial charge in [-0.15, -0.1) is 0 Å². The number of hydrogen-bond acceptors (Lipinski definition) is 5. The summed E-state index contributed by atoms with van der Waals surface area (Å²) >= 11 is 0. The summed E-state index contributed by atoms with van der Waals surface area (Å²) in [5, 5.41) is 4.12. The van der Waals surface area contributed by atoms with Crippen molar-refractivity contribution in [3.63, 3.8) is 0 Å². The molecule has 0 aliphatic carbocycles. The molecule has 3 heterocycles. The Morgan fingerprint density at radius 2 is 2.04 bits per heavy atom. The van der Waals surface area contributed by atoms with Crippen molar-refractivity contribution < 1.29 is 17.9 Å². The van der Waals surface area contributed by atoms with Crippen LogP contribution < -0.4 is 0 Å². The number of ether oxygens (including phenoxy) is 1. The minimum Gasteiger partial charge on any atom is -0.368 e. The van der Waals surface area contributed by atoms with Crippen molar-refractivity contribution in [1.29, 1.82) is 0 Å². The van der Waals surface area contributed by atoms with E-state index in [1.165, 1.54) is 10.5 Å². The number of carbonyl (C=O) groups excluding carboxylic acids is 1. The van der Waals surface area contributed by atoms with Crippen molar-refractivity contribution in [2.45, 2.75) is 44.2 Å². The molecule has 1 amide bonds. The van der Waals surface area contributed by atoms with Gasteiger partial charge in [0.25, 0.3) is 5.91 Å². The van der Waals surface area contributed by atoms with Crippen molar-refractivity contribution in [2.75, 3.05) is 32.8 Å². The van der Waals surface area contributed by atoms with E-state index in [2.05, 4.69) is 5.10 Å². The van der Waals surface area contributed by atoms with Crippen LogP contribution in [-0.4, -0.2) is 72.2 Å². The Morgan fingerprint density at radius 1 is 1.33 bits per heavy atom. The number of hydrogen-bond donors (Lipinski definition) is 0. The molecule has 0 aromatic carbocycles. The summed E-state index contributed by atoms with van der Waals surface area (Å²) in [6.07, 6.45) is 2.73. The van der Waals surface area contributed by atoms with E-state index in [0.29, 0.717) is 45.0 Å². The first-order chi connectivity index (χ1) is 11.4. The van der Waals surface area contributed by atoms with Gasteiger partial charge in [0.15, 0.2) is 0 Å². The molecular formula is C15H24N4O4S. The lowest BCUT2D eigenvalue weighted by Crippen LogP contribution is -2.52. The number of aromatic nitrogens is 2. The zero-order valence-electron chi connectivity index (χ0n) is 14.1. The van der Waals surface area contributed by atoms with Gasteiger partial charge < -0.3 is 9.64 Å². The molecule has 1 unspecified atom stereocenters. The van der Waals surface area contributed by atoms with E-state index >= 15 is 0 Å². The zero-order valence-corrected chi connectivity index (χ0v) is 15.0. The molecule has 8 nitrogen and oxygen atoms in total. The summed E-state index contributed by atoms with van der Waals surface area (Å²) in [7, 11) is -3.57. The minimum absolute atomic E-state index is 0.0143. The number of amides is 1. The second kappa shape index (κ2) is 6.81. The fraction of sp³-hybridized carbons (Fsp3) is 0.733. The number of sulfonamides is 1. The minimum atomic E-state index is -3.57. The maximum atomic E-state index is 12.8. The van der Waals surface area contributed by atoms with E-state index in [9.17, 15) is 13.2 Å². The number of aryl methyl sites for hydroxylation is 1. The molecule has 2 fully saturated rings. The average molecular weight is 356 g/mol. The van der Waals surface area contributed by atoms with Gasteiger partial charge in [-0.1, -0.05) is 0 Å². The van der Waals surface area contributed by atoms with E-state index in [4.69, 9.17) is 4.74 Å². The van der Waals surface area contributed by atoms with Gasteiger partial charge in [-0.05, 0) is 26.7 Å². The first-order valence-electron chi connectivity index (χ1n) is 8.38. The highest BCUT2D eigenvalue weighted by Crippen LogP contribution is 2.22. The third kappa shape index (κ3) is 3.07. The van der Waals surface area contributed by atoms with Crippen molar-refractivity contribution >= 4 is 15.9 Å². The summed E-state index contributed by atoms with van der Waals surface area (Å²) < 4.78 is 34.2. The van der Waals surface area contributed by atoms with Crippen LogP contribution in [0.1, 0.15) is 25.5 Å². The highest BCUT2D eigenvalue weighted by Gasteiger charge is 2.35. The van der Waals surface area contributed by atoms with Crippen LogP contribution >= 0.6 is 0 Å². The topological polar surface area (TPSA) is 84.7 Å². The van der Waals surface area contributed by atoms with Crippen LogP contribution in [0.3, 0.4) is 0 Å². The van der Waals surface area contributed by atoms with Crippen LogP contribution in [0.5, 0.6) is 0 Å². The molecule has 24 heavy (non-hydrogen) atoms. The Hall–Kier alpha value is -1.45. The van der Waals surface area contributed by atoms with Gasteiger partial charge in [0.2, 0.25) is 10.0 Å². The van der Waals surface area contributed by atoms with E-state index < -0.39 is 10.0 Å². The molecule has 2 aliphatic heterocycles. The summed E-state index contributed by atoms with van der Waals surface area (Å²) in [6, 6.07) is 0. The van der Waals surface area contributed by atoms with Gasteiger partial charge in [0.1, 0.15) is 11.0 Å². The lowest BCUT2D eigenvalue weighted by molar-refractivity contribution is -0.142. The molecule has 0 saturated carbocycles. The lowest BCUT2D eigenvalue weighted by atomic mass is 10.2. The van der Waals surface area contributed by atoms with Gasteiger partial charge in [-0.25, -0.2) is 8.42 Å². The first-order valence-corrected chi connectivity index (χ1v) is 9.82. The van der Waals surface area contributed by atoms with Crippen molar-refractivity contribution in [1.82, 2.24) is 19.0 Å². The quantitative estimate of drug-likeness (QED) is 0.771. The number of piperazine rings is 1. The van der Waals surface area contributed by atoms with Gasteiger partial charge in [-0.2, -0.15) is 9.40 Å². The third-order valence-corrected chi connectivity index (χ3v) is 6.73. The summed E-state index contributed by atoms with van der Waals surface area (Å²) in [5.74, 6) is -0.0143. The molecule has 0 bridgehead atoms. The molecule has 0 N–H and O–H groups in total. The molecule has 2 saturated heterocycles. The smallest absolute Gasteiger partial charge is 0.251 e. The molecule has 1 aromatic rings. The Morgan fingerprint density at radius 3 is 2.58 bits per heavy atom. The van der Waals surface area contributed by atoms with Crippen LogP contribution in [0.2, 0.25) is 0 Å². The van der Waals surface area contributed by atoms with Crippen LogP contribution in [0.25, 0.3) is 0 Å². The number of carbonyl (C=O) groups is 1. The Bertz CT molecular complexity index is 701. The fourth-order valence-electron chi connectivity index (χ4n) is 3.27. The highest BCUT2D eigenvalue weighted by molar-refractivity contribution is 7.89. The Kier molecular flexibility index (Phi) is 4.93. The van der Waals surface area contributed by atoms with Crippen molar-refractivity contribution in [3.05, 3.63) is 11.9 Å². The molecule has 0 spiro atoms. The van der Waals surface area contributed by atoms with Gasteiger partial charge >= 0.3 is 0 Å². The molecule has 134 valence electrons. The normalized spacial score (nSPS) is 22.9. The molecule has 9 heteroatoms. The van der Waals surface area contributed by atoms with Gasteiger partial charge in [-0.3, -0.25) is 9.48 Å². The van der Waals surface area contributed by atoms with Gasteiger partial charge in [0, 0.05) is 39.3 Å². The SMILES string of the molecule is CCn1ncc(S(=O)(=O)N2CCN(C(=O)C3CCCO3)CC2)c1C. The molecule has 1 atom stereocenters. The van der Waals surface area contributed by atoms with Crippen LogP contribution in [0.4, 0.5) is 0 Å². The lowest BCUT2D eigenvalue weighted by Gasteiger charge is -2.34. The standard InChI is InChI=1S/C15H24N4O4S/c1-3-19-12(2)14(11-16-19)24(21,22)18-8-6-17(7-9-18)15(20)13-5-4-10-23-13/h11,13H,3-10H2,1-2H3. The van der Waals surface area contributed by atoms with Crippen molar-refractivity contribution in [2.24, 2.45) is 0 Å². The maximum absolute atomic E-state index is 12.8. The van der Waals surface area contributed by atoms with Crippen molar-refractivity contribution in [3.8, 4) is 0 Å². The second-order valence-electron chi connectivity index (χ2n) is 6.14. The molecule has 3 rings (SSSR count). The van der Waals surface area contributed by atoms with Crippen LogP contribution in [0, 0.1) is 6.92 Å². The van der Waals surface area contributed by atoms with Crippen LogP contribution in [0.15, 0.2) is 11.1 Å². The molecule has 2 aliphatic rings. The molecular weight excluding hydrogens is 332 g/mol. The number of rotatable bonds is 4. The average Bonchev–Trinajstić information content (AvgIpc) is 3.24. The van der Waals surface area contributed by atoms with E-state index in [1.807, 2.05) is 6.92 Å². The summed E-state index contributed by atoms with van der Waals surface area (Å²) in [6.45, 7) is 6.36. The summed E-state index contributed by atoms with van der Waals surface area (Å²) in [5.41, 5.74) is 0.648. The zero-order chi connectivity index (χ0) is 17.3. The van der Waals surface area contributed by atoms with E-state index in [1.54, 1.807) is 16.5 Å². The van der Waals surface area contributed by atoms with Crippen LogP contribution in [-0.2, 0) is 26.1 Å². The fourth-order valence-corrected chi connectivity index (χ4v) is 4.85. The Balaban J connectivity index is 1.67. The third-order valence-electron chi connectivity index (χ3n) is 4.73. The van der Waals surface area contributed by atoms with E-state index in [-0.39, 0.29) is 16.9 Å². The summed E-state index contributed by atoms with van der Waals surface area (Å²) in [4.78, 5) is 14.3. The predicted molar refractivity (Wildman–Crippen MR) is 87.0 cm³/mol. The predicted octanol–water partition coefficient (Wildman–Crippen LogP) is 0.223. The monoisotopic (exact) mass is 356 g/mol. The number of nitrogens with zero attached hydrogens (tertiary/aromatic N) is 4. The largest absolute Gasteiger partial charge is 0.368 e. The molecule has 1 aromatic heterocycles. The van der Waals surface area contributed by atoms with Gasteiger partial charge in [0.05, 0.1) is 11.9 Å². The van der Waals surface area contributed by atoms with E-state index in [0.717, 1.165) is 12.8 Å². The molecule has 0 radical (unpaired) electrons.